The van der Waals surface area contributed by atoms with Gasteiger partial charge in [0.2, 0.25) is 0 Å². The smallest absolute Gasteiger partial charge is 0.354 e. The maximum atomic E-state index is 11.8. The first-order valence-electron chi connectivity index (χ1n) is 6.81. The number of benzene rings is 2. The second-order valence-corrected chi connectivity index (χ2v) is 4.56. The molecule has 0 radical (unpaired) electrons. The van der Waals surface area contributed by atoms with Crippen LogP contribution in [0.3, 0.4) is 0 Å². The number of fused-ring (bicyclic) bond motifs is 1. The zero-order valence-corrected chi connectivity index (χ0v) is 13.1. The predicted octanol–water partition coefficient (Wildman–Crippen LogP) is 2.49. The molecule has 0 aliphatic rings. The molecule has 0 heterocycles. The van der Waals surface area contributed by atoms with Crippen LogP contribution in [0.4, 0.5) is 5.69 Å². The second kappa shape index (κ2) is 7.31. The Bertz CT molecular complexity index is 767. The molecule has 0 aromatic heterocycles. The Balaban J connectivity index is 2.48. The zero-order valence-electron chi connectivity index (χ0n) is 13.1. The molecular weight excluding hydrogens is 298 g/mol. The second-order valence-electron chi connectivity index (χ2n) is 4.56. The summed E-state index contributed by atoms with van der Waals surface area (Å²) in [6.07, 6.45) is 1.05. The van der Waals surface area contributed by atoms with Gasteiger partial charge in [0.25, 0.3) is 0 Å². The van der Waals surface area contributed by atoms with E-state index in [0.29, 0.717) is 11.4 Å². The van der Waals surface area contributed by atoms with Gasteiger partial charge in [0, 0.05) is 16.5 Å². The van der Waals surface area contributed by atoms with E-state index in [1.807, 2.05) is 30.3 Å². The van der Waals surface area contributed by atoms with Crippen molar-refractivity contribution >= 4 is 28.4 Å². The lowest BCUT2D eigenvalue weighted by Crippen LogP contribution is -2.15. The van der Waals surface area contributed by atoms with E-state index in [9.17, 15) is 9.59 Å². The summed E-state index contributed by atoms with van der Waals surface area (Å²) in [4.78, 5) is 23.3. The van der Waals surface area contributed by atoms with E-state index in [0.717, 1.165) is 16.8 Å². The topological polar surface area (TPSA) is 73.9 Å². The molecular formula is C17H17NO5. The number of ether oxygens (including phenoxy) is 3. The lowest BCUT2D eigenvalue weighted by molar-refractivity contribution is -0.138. The van der Waals surface area contributed by atoms with E-state index in [1.165, 1.54) is 14.2 Å². The highest BCUT2D eigenvalue weighted by molar-refractivity contribution is 6.03. The van der Waals surface area contributed by atoms with Crippen LogP contribution in [0.15, 0.2) is 48.2 Å². The average Bonchev–Trinajstić information content (AvgIpc) is 2.59. The summed E-state index contributed by atoms with van der Waals surface area (Å²) in [5.41, 5.74) is 0.622. The largest absolute Gasteiger partial charge is 0.496 e. The fourth-order valence-electron chi connectivity index (χ4n) is 2.15. The van der Waals surface area contributed by atoms with Crippen LogP contribution < -0.4 is 10.1 Å². The average molecular weight is 315 g/mol. The van der Waals surface area contributed by atoms with Gasteiger partial charge >= 0.3 is 11.9 Å². The molecule has 1 N–H and O–H groups in total. The van der Waals surface area contributed by atoms with Gasteiger partial charge in [-0.25, -0.2) is 9.59 Å². The Morgan fingerprint density at radius 3 is 2.30 bits per heavy atom. The molecule has 0 unspecified atom stereocenters. The number of carbonyl (C=O) groups is 2. The summed E-state index contributed by atoms with van der Waals surface area (Å²) in [5, 5.41) is 4.64. The Kier molecular flexibility index (Phi) is 5.19. The highest BCUT2D eigenvalue weighted by Crippen LogP contribution is 2.31. The molecule has 6 heteroatoms. The van der Waals surface area contributed by atoms with Crippen LogP contribution in [-0.4, -0.2) is 33.3 Å². The van der Waals surface area contributed by atoms with E-state index in [4.69, 9.17) is 4.74 Å². The van der Waals surface area contributed by atoms with Crippen molar-refractivity contribution in [1.29, 1.82) is 0 Å². The van der Waals surface area contributed by atoms with Crippen molar-refractivity contribution in [2.24, 2.45) is 0 Å². The van der Waals surface area contributed by atoms with Gasteiger partial charge in [-0.15, -0.1) is 0 Å². The molecule has 2 aromatic carbocycles. The van der Waals surface area contributed by atoms with E-state index in [-0.39, 0.29) is 5.70 Å². The van der Waals surface area contributed by atoms with Crippen molar-refractivity contribution in [3.63, 3.8) is 0 Å². The lowest BCUT2D eigenvalue weighted by Gasteiger charge is -2.13. The highest BCUT2D eigenvalue weighted by atomic mass is 16.5. The number of methoxy groups -OCH3 is 3. The van der Waals surface area contributed by atoms with E-state index in [2.05, 4.69) is 14.8 Å². The summed E-state index contributed by atoms with van der Waals surface area (Å²) in [6.45, 7) is 0. The summed E-state index contributed by atoms with van der Waals surface area (Å²) in [7, 11) is 4.06. The quantitative estimate of drug-likeness (QED) is 0.675. The SMILES string of the molecule is COC(=O)/C=C(/Nc1cccc2c(OC)cccc12)C(=O)OC. The lowest BCUT2D eigenvalue weighted by atomic mass is 10.1. The molecule has 120 valence electrons. The first-order chi connectivity index (χ1) is 11.1. The normalized spacial score (nSPS) is 11.0. The maximum Gasteiger partial charge on any atom is 0.354 e. The number of anilines is 1. The van der Waals surface area contributed by atoms with E-state index >= 15 is 0 Å². The first kappa shape index (κ1) is 16.4. The third kappa shape index (κ3) is 3.60. The minimum absolute atomic E-state index is 0.0188. The number of hydrogen-bond acceptors (Lipinski definition) is 6. The van der Waals surface area contributed by atoms with E-state index < -0.39 is 11.9 Å². The van der Waals surface area contributed by atoms with Gasteiger partial charge in [0.1, 0.15) is 11.4 Å². The molecule has 0 aliphatic carbocycles. The van der Waals surface area contributed by atoms with Crippen molar-refractivity contribution in [3.8, 4) is 5.75 Å². The highest BCUT2D eigenvalue weighted by Gasteiger charge is 2.14. The molecule has 0 saturated heterocycles. The van der Waals surface area contributed by atoms with Crippen molar-refractivity contribution in [2.75, 3.05) is 26.6 Å². The first-order valence-corrected chi connectivity index (χ1v) is 6.81. The van der Waals surface area contributed by atoms with Crippen LogP contribution in [0.1, 0.15) is 0 Å². The predicted molar refractivity (Wildman–Crippen MR) is 86.2 cm³/mol. The summed E-state index contributed by atoms with van der Waals surface area (Å²) >= 11 is 0. The van der Waals surface area contributed by atoms with Crippen LogP contribution in [0.5, 0.6) is 5.75 Å². The van der Waals surface area contributed by atoms with Gasteiger partial charge in [-0.05, 0) is 12.1 Å². The van der Waals surface area contributed by atoms with Gasteiger partial charge < -0.3 is 19.5 Å². The number of esters is 2. The van der Waals surface area contributed by atoms with Gasteiger partial charge in [-0.3, -0.25) is 0 Å². The molecule has 6 nitrogen and oxygen atoms in total. The van der Waals surface area contributed by atoms with Gasteiger partial charge in [0.05, 0.1) is 27.4 Å². The van der Waals surface area contributed by atoms with Crippen LogP contribution in [0.25, 0.3) is 10.8 Å². The number of carbonyl (C=O) groups excluding carboxylic acids is 2. The third-order valence-corrected chi connectivity index (χ3v) is 3.24. The zero-order chi connectivity index (χ0) is 16.8. The van der Waals surface area contributed by atoms with Gasteiger partial charge in [0.15, 0.2) is 0 Å². The third-order valence-electron chi connectivity index (χ3n) is 3.24. The molecule has 23 heavy (non-hydrogen) atoms. The summed E-state index contributed by atoms with van der Waals surface area (Å²) in [6, 6.07) is 11.1. The fraction of sp³-hybridized carbons (Fsp3) is 0.176. The van der Waals surface area contributed by atoms with Crippen LogP contribution in [0, 0.1) is 0 Å². The van der Waals surface area contributed by atoms with Crippen LogP contribution in [-0.2, 0) is 19.1 Å². The van der Waals surface area contributed by atoms with Crippen molar-refractivity contribution in [1.82, 2.24) is 0 Å². The Morgan fingerprint density at radius 2 is 1.65 bits per heavy atom. The van der Waals surface area contributed by atoms with Crippen molar-refractivity contribution in [2.45, 2.75) is 0 Å². The molecule has 0 bridgehead atoms. The number of nitrogens with one attached hydrogen (secondary N) is 1. The van der Waals surface area contributed by atoms with Crippen LogP contribution >= 0.6 is 0 Å². The maximum absolute atomic E-state index is 11.8. The molecule has 0 amide bonds. The Hall–Kier alpha value is -3.02. The van der Waals surface area contributed by atoms with E-state index in [1.54, 1.807) is 13.2 Å². The standard InChI is InChI=1S/C17H17NO5/c1-21-15-9-5-6-11-12(15)7-4-8-13(11)18-14(17(20)23-3)10-16(19)22-2/h4-10,18H,1-3H3/b14-10+. The molecule has 0 saturated carbocycles. The minimum Gasteiger partial charge on any atom is -0.496 e. The van der Waals surface area contributed by atoms with Gasteiger partial charge in [-0.2, -0.15) is 0 Å². The summed E-state index contributed by atoms with van der Waals surface area (Å²) in [5.74, 6) is -0.617. The molecule has 0 spiro atoms. The van der Waals surface area contributed by atoms with Crippen LogP contribution in [0.2, 0.25) is 0 Å². The molecule has 0 aliphatic heterocycles. The Morgan fingerprint density at radius 1 is 0.957 bits per heavy atom. The number of rotatable bonds is 5. The number of hydrogen-bond donors (Lipinski definition) is 1. The molecule has 2 aromatic rings. The molecule has 0 atom stereocenters. The summed E-state index contributed by atoms with van der Waals surface area (Å²) < 4.78 is 14.6. The molecule has 2 rings (SSSR count). The fourth-order valence-corrected chi connectivity index (χ4v) is 2.15. The van der Waals surface area contributed by atoms with Gasteiger partial charge in [-0.1, -0.05) is 24.3 Å². The molecule has 0 fully saturated rings. The monoisotopic (exact) mass is 315 g/mol. The van der Waals surface area contributed by atoms with Crippen molar-refractivity contribution < 1.29 is 23.8 Å². The van der Waals surface area contributed by atoms with Crippen molar-refractivity contribution in [3.05, 3.63) is 48.2 Å². The minimum atomic E-state index is -0.671. The Labute approximate surface area is 133 Å².